The number of urea groups is 1. The molecule has 21 heavy (non-hydrogen) atoms. The number of carbonyl (C=O) groups excluding carboxylic acids is 1. The molecular weight excluding hydrogens is 288 g/mol. The van der Waals surface area contributed by atoms with Crippen molar-refractivity contribution in [2.75, 3.05) is 0 Å². The van der Waals surface area contributed by atoms with E-state index in [1.54, 1.807) is 17.5 Å². The predicted molar refractivity (Wildman–Crippen MR) is 82.3 cm³/mol. The van der Waals surface area contributed by atoms with Crippen LogP contribution in [0, 0.1) is 11.8 Å². The summed E-state index contributed by atoms with van der Waals surface area (Å²) in [4.78, 5) is 24.0. The van der Waals surface area contributed by atoms with E-state index in [1.807, 2.05) is 0 Å². The second kappa shape index (κ2) is 6.93. The second-order valence-electron chi connectivity index (χ2n) is 6.02. The van der Waals surface area contributed by atoms with E-state index in [0.29, 0.717) is 16.7 Å². The number of nitrogens with one attached hydrogen (secondary N) is 2. The lowest BCUT2D eigenvalue weighted by molar-refractivity contribution is -0.139. The van der Waals surface area contributed by atoms with Crippen LogP contribution < -0.4 is 10.6 Å². The summed E-state index contributed by atoms with van der Waals surface area (Å²) in [6, 6.07) is 2.24. The van der Waals surface area contributed by atoms with Gasteiger partial charge >= 0.3 is 12.0 Å². The fourth-order valence-electron chi connectivity index (χ4n) is 3.13. The van der Waals surface area contributed by atoms with Crippen LogP contribution in [0.5, 0.6) is 0 Å². The fourth-order valence-corrected chi connectivity index (χ4v) is 3.90. The van der Waals surface area contributed by atoms with Gasteiger partial charge in [-0.3, -0.25) is 0 Å². The molecule has 3 unspecified atom stereocenters. The highest BCUT2D eigenvalue weighted by molar-refractivity contribution is 7.10. The molecule has 3 atom stereocenters. The van der Waals surface area contributed by atoms with Gasteiger partial charge in [0, 0.05) is 10.9 Å². The zero-order valence-corrected chi connectivity index (χ0v) is 13.2. The number of carboxylic acid groups (broad SMARTS) is 1. The van der Waals surface area contributed by atoms with Crippen molar-refractivity contribution < 1.29 is 14.7 Å². The van der Waals surface area contributed by atoms with E-state index in [1.165, 1.54) is 17.8 Å². The van der Waals surface area contributed by atoms with Crippen LogP contribution in [0.2, 0.25) is 0 Å². The Balaban J connectivity index is 1.92. The van der Waals surface area contributed by atoms with Gasteiger partial charge in [0.15, 0.2) is 6.04 Å². The van der Waals surface area contributed by atoms with E-state index in [4.69, 9.17) is 0 Å². The number of rotatable bonds is 4. The summed E-state index contributed by atoms with van der Waals surface area (Å²) in [6.45, 7) is 4.38. The van der Waals surface area contributed by atoms with Crippen molar-refractivity contribution in [2.24, 2.45) is 11.8 Å². The first-order valence-electron chi connectivity index (χ1n) is 7.29. The van der Waals surface area contributed by atoms with E-state index < -0.39 is 18.0 Å². The molecule has 0 aromatic carbocycles. The summed E-state index contributed by atoms with van der Waals surface area (Å²) >= 11 is 1.32. The van der Waals surface area contributed by atoms with Gasteiger partial charge in [0.05, 0.1) is 0 Å². The van der Waals surface area contributed by atoms with Crippen molar-refractivity contribution in [3.63, 3.8) is 0 Å². The van der Waals surface area contributed by atoms with Gasteiger partial charge < -0.3 is 15.7 Å². The highest BCUT2D eigenvalue weighted by Gasteiger charge is 2.27. The molecule has 1 saturated carbocycles. The Morgan fingerprint density at radius 1 is 1.29 bits per heavy atom. The molecule has 2 rings (SSSR count). The highest BCUT2D eigenvalue weighted by atomic mass is 32.1. The zero-order chi connectivity index (χ0) is 15.4. The molecule has 1 fully saturated rings. The molecule has 5 nitrogen and oxygen atoms in total. The lowest BCUT2D eigenvalue weighted by atomic mass is 9.80. The summed E-state index contributed by atoms with van der Waals surface area (Å²) in [5.74, 6) is 0.135. The minimum atomic E-state index is -1.04. The van der Waals surface area contributed by atoms with Crippen LogP contribution in [0.3, 0.4) is 0 Å². The molecule has 1 aromatic rings. The molecule has 116 valence electrons. The average Bonchev–Trinajstić information content (AvgIpc) is 2.87. The molecule has 3 N–H and O–H groups in total. The number of amides is 2. The summed E-state index contributed by atoms with van der Waals surface area (Å²) in [5.41, 5.74) is 0. The first-order valence-corrected chi connectivity index (χ1v) is 8.17. The van der Waals surface area contributed by atoms with E-state index in [9.17, 15) is 14.7 Å². The highest BCUT2D eigenvalue weighted by Crippen LogP contribution is 2.28. The number of thiophene rings is 1. The third kappa shape index (κ3) is 4.46. The summed E-state index contributed by atoms with van der Waals surface area (Å²) in [6.07, 6.45) is 3.09. The fraction of sp³-hybridized carbons (Fsp3) is 0.600. The van der Waals surface area contributed by atoms with Gasteiger partial charge in [-0.15, -0.1) is 11.3 Å². The second-order valence-corrected chi connectivity index (χ2v) is 7.00. The number of carbonyl (C=O) groups is 2. The van der Waals surface area contributed by atoms with Crippen LogP contribution in [-0.2, 0) is 4.79 Å². The van der Waals surface area contributed by atoms with Gasteiger partial charge in [0.1, 0.15) is 0 Å². The van der Waals surface area contributed by atoms with Crippen LogP contribution in [0.25, 0.3) is 0 Å². The van der Waals surface area contributed by atoms with Crippen molar-refractivity contribution in [3.8, 4) is 0 Å². The number of hydrogen-bond donors (Lipinski definition) is 3. The molecule has 0 radical (unpaired) electrons. The smallest absolute Gasteiger partial charge is 0.331 e. The van der Waals surface area contributed by atoms with Gasteiger partial charge in [0.2, 0.25) is 0 Å². The maximum Gasteiger partial charge on any atom is 0.331 e. The van der Waals surface area contributed by atoms with E-state index in [-0.39, 0.29) is 6.04 Å². The SMILES string of the molecule is CC1CC(C)CC(NC(=O)NC(C(=O)O)c2cccs2)C1. The van der Waals surface area contributed by atoms with Crippen LogP contribution in [0.4, 0.5) is 4.79 Å². The number of carboxylic acids is 1. The molecule has 2 amide bonds. The predicted octanol–water partition coefficient (Wildman–Crippen LogP) is 3.00. The first kappa shape index (κ1) is 15.8. The van der Waals surface area contributed by atoms with Gasteiger partial charge in [-0.25, -0.2) is 9.59 Å². The van der Waals surface area contributed by atoms with Gasteiger partial charge in [-0.05, 0) is 42.5 Å². The Morgan fingerprint density at radius 3 is 2.48 bits per heavy atom. The number of hydrogen-bond acceptors (Lipinski definition) is 3. The minimum Gasteiger partial charge on any atom is -0.479 e. The topological polar surface area (TPSA) is 78.4 Å². The first-order chi connectivity index (χ1) is 9.95. The third-order valence-corrected chi connectivity index (χ3v) is 4.80. The number of aliphatic carboxylic acids is 1. The van der Waals surface area contributed by atoms with Crippen LogP contribution in [0.1, 0.15) is 44.0 Å². The molecule has 6 heteroatoms. The standard InChI is InChI=1S/C15H22N2O3S/c1-9-6-10(2)8-11(7-9)16-15(20)17-13(14(18)19)12-4-3-5-21-12/h3-5,9-11,13H,6-8H2,1-2H3,(H,18,19)(H2,16,17,20). The van der Waals surface area contributed by atoms with Crippen LogP contribution in [-0.4, -0.2) is 23.1 Å². The Labute approximate surface area is 128 Å². The Morgan fingerprint density at radius 2 is 1.95 bits per heavy atom. The van der Waals surface area contributed by atoms with Gasteiger partial charge in [-0.2, -0.15) is 0 Å². The van der Waals surface area contributed by atoms with E-state index in [2.05, 4.69) is 24.5 Å². The summed E-state index contributed by atoms with van der Waals surface area (Å²) < 4.78 is 0. The molecule has 1 aliphatic rings. The van der Waals surface area contributed by atoms with Crippen molar-refractivity contribution in [1.29, 1.82) is 0 Å². The molecular formula is C15H22N2O3S. The third-order valence-electron chi connectivity index (χ3n) is 3.86. The maximum atomic E-state index is 12.1. The molecule has 0 aliphatic heterocycles. The van der Waals surface area contributed by atoms with Crippen molar-refractivity contribution >= 4 is 23.3 Å². The lowest BCUT2D eigenvalue weighted by Crippen LogP contribution is -2.47. The van der Waals surface area contributed by atoms with Crippen molar-refractivity contribution in [2.45, 2.75) is 45.2 Å². The normalized spacial score (nSPS) is 26.9. The van der Waals surface area contributed by atoms with Crippen LogP contribution >= 0.6 is 11.3 Å². The quantitative estimate of drug-likeness (QED) is 0.800. The Hall–Kier alpha value is -1.56. The summed E-state index contributed by atoms with van der Waals surface area (Å²) in [5, 5.41) is 16.5. The van der Waals surface area contributed by atoms with Crippen LogP contribution in [0.15, 0.2) is 17.5 Å². The Bertz CT molecular complexity index is 479. The molecule has 1 aliphatic carbocycles. The van der Waals surface area contributed by atoms with E-state index >= 15 is 0 Å². The van der Waals surface area contributed by atoms with Gasteiger partial charge in [-0.1, -0.05) is 19.9 Å². The van der Waals surface area contributed by atoms with E-state index in [0.717, 1.165) is 12.8 Å². The van der Waals surface area contributed by atoms with Gasteiger partial charge in [0.25, 0.3) is 0 Å². The minimum absolute atomic E-state index is 0.126. The molecule has 1 heterocycles. The lowest BCUT2D eigenvalue weighted by Gasteiger charge is -2.32. The molecule has 0 bridgehead atoms. The Kier molecular flexibility index (Phi) is 5.22. The zero-order valence-electron chi connectivity index (χ0n) is 12.3. The van der Waals surface area contributed by atoms with Crippen molar-refractivity contribution in [1.82, 2.24) is 10.6 Å². The molecule has 0 spiro atoms. The largest absolute Gasteiger partial charge is 0.479 e. The monoisotopic (exact) mass is 310 g/mol. The summed E-state index contributed by atoms with van der Waals surface area (Å²) in [7, 11) is 0. The maximum absolute atomic E-state index is 12.1. The molecule has 1 aromatic heterocycles. The van der Waals surface area contributed by atoms with Crippen molar-refractivity contribution in [3.05, 3.63) is 22.4 Å². The molecule has 0 saturated heterocycles. The average molecular weight is 310 g/mol.